The first-order chi connectivity index (χ1) is 13.4. The molecule has 0 fully saturated rings. The average molecular weight is 378 g/mol. The van der Waals surface area contributed by atoms with Crippen LogP contribution in [0, 0.1) is 31.0 Å². The smallest absolute Gasteiger partial charge is 0.169 e. The zero-order chi connectivity index (χ0) is 20.3. The molecule has 0 N–H and O–H groups in total. The average Bonchev–Trinajstić information content (AvgIpc) is 3.04. The minimum absolute atomic E-state index is 0.250. The van der Waals surface area contributed by atoms with Gasteiger partial charge in [0.1, 0.15) is 17.4 Å². The van der Waals surface area contributed by atoms with Crippen molar-refractivity contribution in [2.75, 3.05) is 18.5 Å². The number of nitrogens with zero attached hydrogens (tertiary/aromatic N) is 6. The molecule has 0 saturated heterocycles. The molecule has 0 radical (unpaired) electrons. The van der Waals surface area contributed by atoms with Crippen LogP contribution in [-0.2, 0) is 13.5 Å². The number of aryl methyl sites for hydroxylation is 3. The van der Waals surface area contributed by atoms with Crippen molar-refractivity contribution in [3.05, 3.63) is 58.7 Å². The summed E-state index contributed by atoms with van der Waals surface area (Å²) in [7, 11) is 3.81. The Bertz CT molecular complexity index is 1020. The van der Waals surface area contributed by atoms with Crippen molar-refractivity contribution in [2.45, 2.75) is 26.7 Å². The summed E-state index contributed by atoms with van der Waals surface area (Å²) >= 11 is 0. The maximum absolute atomic E-state index is 13.1. The molecular formula is C21H23FN6. The van der Waals surface area contributed by atoms with Gasteiger partial charge in [0.05, 0.1) is 17.1 Å². The highest BCUT2D eigenvalue weighted by atomic mass is 19.1. The van der Waals surface area contributed by atoms with Gasteiger partial charge in [0, 0.05) is 20.6 Å². The van der Waals surface area contributed by atoms with Crippen molar-refractivity contribution >= 4 is 5.82 Å². The molecule has 3 rings (SSSR count). The fraction of sp³-hybridized carbons (Fsp3) is 0.333. The lowest BCUT2D eigenvalue weighted by atomic mass is 10.1. The molecule has 0 aliphatic heterocycles. The zero-order valence-electron chi connectivity index (χ0n) is 16.6. The van der Waals surface area contributed by atoms with Gasteiger partial charge in [-0.1, -0.05) is 0 Å². The van der Waals surface area contributed by atoms with E-state index in [9.17, 15) is 9.65 Å². The number of hydrogen-bond donors (Lipinski definition) is 0. The topological polar surface area (TPSA) is 70.6 Å². The Hall–Kier alpha value is -3.27. The van der Waals surface area contributed by atoms with E-state index in [1.54, 1.807) is 12.1 Å². The zero-order valence-corrected chi connectivity index (χ0v) is 16.6. The fourth-order valence-electron chi connectivity index (χ4n) is 3.14. The minimum Gasteiger partial charge on any atom is -0.357 e. The number of hydrogen-bond acceptors (Lipinski definition) is 5. The molecule has 3 aromatic rings. The largest absolute Gasteiger partial charge is 0.357 e. The van der Waals surface area contributed by atoms with Crippen molar-refractivity contribution in [1.82, 2.24) is 20.0 Å². The van der Waals surface area contributed by atoms with Crippen LogP contribution >= 0.6 is 0 Å². The predicted molar refractivity (Wildman–Crippen MR) is 106 cm³/mol. The summed E-state index contributed by atoms with van der Waals surface area (Å²) < 4.78 is 14.9. The molecule has 6 nitrogen and oxygen atoms in total. The third-order valence-corrected chi connectivity index (χ3v) is 4.91. The molecule has 144 valence electrons. The Balaban J connectivity index is 1.66. The molecule has 2 heterocycles. The van der Waals surface area contributed by atoms with Crippen LogP contribution in [0.25, 0.3) is 11.3 Å². The lowest BCUT2D eigenvalue weighted by molar-refractivity contribution is 0.628. The van der Waals surface area contributed by atoms with Gasteiger partial charge in [-0.15, -0.1) is 5.10 Å². The van der Waals surface area contributed by atoms with Crippen molar-refractivity contribution < 1.29 is 4.39 Å². The SMILES string of the molecule is Cc1nnc(N(C)CCCc2cc(-c3ccc(F)cc3)n(C)n2)c(C#N)c1C. The Morgan fingerprint density at radius 3 is 2.57 bits per heavy atom. The van der Waals surface area contributed by atoms with Crippen LogP contribution in [0.15, 0.2) is 30.3 Å². The van der Waals surface area contributed by atoms with Gasteiger partial charge in [-0.25, -0.2) is 4.39 Å². The minimum atomic E-state index is -0.250. The number of aromatic nitrogens is 4. The Morgan fingerprint density at radius 2 is 1.89 bits per heavy atom. The number of anilines is 1. The van der Waals surface area contributed by atoms with Crippen molar-refractivity contribution in [3.63, 3.8) is 0 Å². The van der Waals surface area contributed by atoms with Crippen molar-refractivity contribution in [2.24, 2.45) is 7.05 Å². The molecule has 28 heavy (non-hydrogen) atoms. The van der Waals surface area contributed by atoms with E-state index in [4.69, 9.17) is 0 Å². The second kappa shape index (κ2) is 8.17. The Labute approximate surface area is 164 Å². The van der Waals surface area contributed by atoms with Crippen molar-refractivity contribution in [1.29, 1.82) is 5.26 Å². The Morgan fingerprint density at radius 1 is 1.18 bits per heavy atom. The van der Waals surface area contributed by atoms with E-state index in [2.05, 4.69) is 21.4 Å². The van der Waals surface area contributed by atoms with Gasteiger partial charge in [-0.2, -0.15) is 15.5 Å². The molecule has 0 saturated carbocycles. The normalized spacial score (nSPS) is 10.7. The van der Waals surface area contributed by atoms with Crippen LogP contribution < -0.4 is 4.90 Å². The van der Waals surface area contributed by atoms with E-state index < -0.39 is 0 Å². The van der Waals surface area contributed by atoms with Crippen molar-refractivity contribution in [3.8, 4) is 17.3 Å². The summed E-state index contributed by atoms with van der Waals surface area (Å²) in [6, 6.07) is 10.7. The first-order valence-corrected chi connectivity index (χ1v) is 9.14. The quantitative estimate of drug-likeness (QED) is 0.656. The van der Waals surface area contributed by atoms with Gasteiger partial charge >= 0.3 is 0 Å². The molecule has 0 atom stereocenters. The summed E-state index contributed by atoms with van der Waals surface area (Å²) in [4.78, 5) is 1.96. The van der Waals surface area contributed by atoms with E-state index in [1.807, 2.05) is 43.6 Å². The monoisotopic (exact) mass is 378 g/mol. The molecule has 0 spiro atoms. The fourth-order valence-corrected chi connectivity index (χ4v) is 3.14. The van der Waals surface area contributed by atoms with Gasteiger partial charge in [0.2, 0.25) is 0 Å². The maximum atomic E-state index is 13.1. The third kappa shape index (κ3) is 4.01. The molecule has 1 aromatic carbocycles. The molecule has 0 aliphatic carbocycles. The number of nitriles is 1. The molecule has 0 unspecified atom stereocenters. The molecule has 0 amide bonds. The third-order valence-electron chi connectivity index (χ3n) is 4.91. The van der Waals surface area contributed by atoms with Gasteiger partial charge in [-0.3, -0.25) is 4.68 Å². The first-order valence-electron chi connectivity index (χ1n) is 9.14. The highest BCUT2D eigenvalue weighted by Crippen LogP contribution is 2.22. The van der Waals surface area contributed by atoms with Crippen LogP contribution in [0.3, 0.4) is 0 Å². The lowest BCUT2D eigenvalue weighted by Gasteiger charge is -2.19. The second-order valence-corrected chi connectivity index (χ2v) is 6.90. The highest BCUT2D eigenvalue weighted by Gasteiger charge is 2.15. The molecule has 0 bridgehead atoms. The number of rotatable bonds is 6. The van der Waals surface area contributed by atoms with Gasteiger partial charge in [-0.05, 0) is 68.1 Å². The molecule has 2 aromatic heterocycles. The molecule has 7 heteroatoms. The second-order valence-electron chi connectivity index (χ2n) is 6.90. The van der Waals surface area contributed by atoms with E-state index in [1.165, 1.54) is 12.1 Å². The maximum Gasteiger partial charge on any atom is 0.169 e. The molecule has 0 aliphatic rings. The summed E-state index contributed by atoms with van der Waals surface area (Å²) in [6.07, 6.45) is 1.65. The Kier molecular flexibility index (Phi) is 5.69. The number of benzene rings is 1. The highest BCUT2D eigenvalue weighted by molar-refractivity contribution is 5.60. The van der Waals surface area contributed by atoms with E-state index in [0.717, 1.165) is 47.6 Å². The van der Waals surface area contributed by atoms with Crippen LogP contribution in [0.5, 0.6) is 0 Å². The van der Waals surface area contributed by atoms with Crippen LogP contribution in [0.4, 0.5) is 10.2 Å². The summed E-state index contributed by atoms with van der Waals surface area (Å²) in [6.45, 7) is 4.48. The van der Waals surface area contributed by atoms with E-state index in [0.29, 0.717) is 11.4 Å². The first kappa shape index (κ1) is 19.5. The van der Waals surface area contributed by atoms with Gasteiger partial charge < -0.3 is 4.90 Å². The number of halogens is 1. The summed E-state index contributed by atoms with van der Waals surface area (Å²) in [5.74, 6) is 0.360. The van der Waals surface area contributed by atoms with Crippen LogP contribution in [0.1, 0.15) is 28.9 Å². The van der Waals surface area contributed by atoms with E-state index >= 15 is 0 Å². The van der Waals surface area contributed by atoms with E-state index in [-0.39, 0.29) is 5.82 Å². The van der Waals surface area contributed by atoms with Crippen LogP contribution in [-0.4, -0.2) is 33.6 Å². The van der Waals surface area contributed by atoms with Crippen LogP contribution in [0.2, 0.25) is 0 Å². The predicted octanol–water partition coefficient (Wildman–Crippen LogP) is 3.57. The standard InChI is InChI=1S/C21H23FN6/c1-14-15(2)24-25-21(19(14)13-23)27(3)11-5-6-18-12-20(28(4)26-18)16-7-9-17(22)10-8-16/h7-10,12H,5-6,11H2,1-4H3. The summed E-state index contributed by atoms with van der Waals surface area (Å²) in [5.41, 5.74) is 5.08. The summed E-state index contributed by atoms with van der Waals surface area (Å²) in [5, 5.41) is 22.4. The van der Waals surface area contributed by atoms with Gasteiger partial charge in [0.25, 0.3) is 0 Å². The molecular weight excluding hydrogens is 355 g/mol. The van der Waals surface area contributed by atoms with Gasteiger partial charge in [0.15, 0.2) is 5.82 Å². The lowest BCUT2D eigenvalue weighted by Crippen LogP contribution is -2.22.